The molecule has 0 spiro atoms. The van der Waals surface area contributed by atoms with E-state index in [2.05, 4.69) is 42.3 Å². The van der Waals surface area contributed by atoms with Crippen LogP contribution in [-0.2, 0) is 41.6 Å². The highest BCUT2D eigenvalue weighted by molar-refractivity contribution is 9.13. The zero-order chi connectivity index (χ0) is 44.6. The van der Waals surface area contributed by atoms with Crippen molar-refractivity contribution in [1.82, 2.24) is 28.5 Å². The van der Waals surface area contributed by atoms with Crippen molar-refractivity contribution in [2.45, 2.75) is 50.2 Å². The zero-order valence-electron chi connectivity index (χ0n) is 34.7. The van der Waals surface area contributed by atoms with Gasteiger partial charge in [-0.25, -0.2) is 28.5 Å². The topological polar surface area (TPSA) is 181 Å². The van der Waals surface area contributed by atoms with E-state index >= 15 is 9.59 Å². The monoisotopic (exact) mass is 981 g/mol. The Labute approximate surface area is 376 Å². The summed E-state index contributed by atoms with van der Waals surface area (Å²) in [6.45, 7) is 1.72. The summed E-state index contributed by atoms with van der Waals surface area (Å²) in [5, 5.41) is 12.2. The zero-order valence-corrected chi connectivity index (χ0v) is 37.9. The van der Waals surface area contributed by atoms with Gasteiger partial charge in [-0.15, -0.1) is 0 Å². The molecular formula is C45H41Br2N7O9. The molecule has 16 nitrogen and oxygen atoms in total. The number of allylic oxidation sites excluding steroid dienone is 2. The van der Waals surface area contributed by atoms with Gasteiger partial charge < -0.3 is 23.9 Å². The summed E-state index contributed by atoms with van der Waals surface area (Å²) < 4.78 is 22.4. The first kappa shape index (κ1) is 41.9. The number of anilines is 1. The van der Waals surface area contributed by atoms with Crippen LogP contribution in [0.25, 0.3) is 11.0 Å². The van der Waals surface area contributed by atoms with Crippen LogP contribution in [0.2, 0.25) is 0 Å². The number of fused-ring (bicyclic) bond motifs is 5. The maximum Gasteiger partial charge on any atom is 0.347 e. The molecule has 18 heteroatoms. The van der Waals surface area contributed by atoms with Crippen LogP contribution in [0.3, 0.4) is 0 Å². The minimum atomic E-state index is -1.59. The van der Waals surface area contributed by atoms with Crippen LogP contribution in [0.5, 0.6) is 23.0 Å². The molecule has 2 fully saturated rings. The number of aryl methyl sites for hydroxylation is 3. The van der Waals surface area contributed by atoms with E-state index in [0.717, 1.165) is 15.1 Å². The number of halogens is 2. The van der Waals surface area contributed by atoms with Gasteiger partial charge in [0.15, 0.2) is 23.0 Å². The number of phenolic OH excluding ortho intramolecular Hbond substituents is 1. The van der Waals surface area contributed by atoms with Crippen molar-refractivity contribution in [3.8, 4) is 23.0 Å². The number of amides is 2. The number of aromatic hydroxyl groups is 1. The fraction of sp³-hybridized carbons (Fsp3) is 0.289. The quantitative estimate of drug-likeness (QED) is 0.131. The Morgan fingerprint density at radius 2 is 1.56 bits per heavy atom. The summed E-state index contributed by atoms with van der Waals surface area (Å²) >= 11 is 7.23. The second kappa shape index (κ2) is 15.7. The molecule has 0 radical (unpaired) electrons. The Balaban J connectivity index is 1.20. The largest absolute Gasteiger partial charge is 0.503 e. The number of benzene rings is 4. The lowest BCUT2D eigenvalue weighted by molar-refractivity contribution is -0.138. The Kier molecular flexibility index (Phi) is 10.5. The molecule has 9 rings (SSSR count). The summed E-state index contributed by atoms with van der Waals surface area (Å²) in [6, 6.07) is 20.4. The lowest BCUT2D eigenvalue weighted by Gasteiger charge is -2.49. The molecule has 2 amide bonds. The van der Waals surface area contributed by atoms with Gasteiger partial charge in [-0.1, -0.05) is 54.1 Å². The van der Waals surface area contributed by atoms with E-state index in [4.69, 9.17) is 14.2 Å². The van der Waals surface area contributed by atoms with Crippen LogP contribution in [0, 0.1) is 12.8 Å². The number of hydrogen-bond acceptors (Lipinski definition) is 11. The molecule has 6 aromatic rings. The molecule has 0 bridgehead atoms. The highest BCUT2D eigenvalue weighted by Crippen LogP contribution is 2.63. The van der Waals surface area contributed by atoms with Gasteiger partial charge in [0.25, 0.3) is 17.4 Å². The number of aromatic nitrogens is 5. The van der Waals surface area contributed by atoms with Gasteiger partial charge in [0.1, 0.15) is 5.69 Å². The van der Waals surface area contributed by atoms with E-state index in [1.807, 2.05) is 55.5 Å². The van der Waals surface area contributed by atoms with Crippen LogP contribution in [0.15, 0.2) is 108 Å². The summed E-state index contributed by atoms with van der Waals surface area (Å²) in [5.74, 6) is -2.29. The number of imide groups is 1. The van der Waals surface area contributed by atoms with E-state index in [0.29, 0.717) is 49.4 Å². The Morgan fingerprint density at radius 3 is 2.24 bits per heavy atom. The lowest BCUT2D eigenvalue weighted by atomic mass is 9.53. The van der Waals surface area contributed by atoms with Gasteiger partial charge in [0, 0.05) is 42.5 Å². The molecule has 4 atom stereocenters. The van der Waals surface area contributed by atoms with E-state index in [9.17, 15) is 19.5 Å². The normalized spacial score (nSPS) is 20.3. The lowest BCUT2D eigenvalue weighted by Crippen LogP contribution is -2.53. The molecule has 324 valence electrons. The Morgan fingerprint density at radius 1 is 0.873 bits per heavy atom. The minimum absolute atomic E-state index is 0.0245. The molecule has 3 aliphatic rings. The van der Waals surface area contributed by atoms with Crippen molar-refractivity contribution >= 4 is 60.4 Å². The fourth-order valence-corrected chi connectivity index (χ4v) is 10.6. The van der Waals surface area contributed by atoms with E-state index in [1.54, 1.807) is 37.4 Å². The molecule has 1 aliphatic carbocycles. The van der Waals surface area contributed by atoms with Crippen LogP contribution in [0.4, 0.5) is 5.69 Å². The second-order valence-electron chi connectivity index (χ2n) is 15.8. The smallest absolute Gasteiger partial charge is 0.347 e. The molecule has 2 aliphatic heterocycles. The van der Waals surface area contributed by atoms with Crippen LogP contribution in [-0.4, -0.2) is 66.7 Å². The molecule has 2 aromatic heterocycles. The molecular weight excluding hydrogens is 942 g/mol. The Bertz CT molecular complexity index is 3100. The van der Waals surface area contributed by atoms with Gasteiger partial charge in [0.05, 0.1) is 66.4 Å². The first-order valence-electron chi connectivity index (χ1n) is 20.0. The number of nitrogens with one attached hydrogen (secondary N) is 1. The van der Waals surface area contributed by atoms with E-state index < -0.39 is 52.0 Å². The Hall–Kier alpha value is -6.40. The predicted molar refractivity (Wildman–Crippen MR) is 240 cm³/mol. The highest BCUT2D eigenvalue weighted by atomic mass is 79.9. The summed E-state index contributed by atoms with van der Waals surface area (Å²) in [4.78, 5) is 77.9. The van der Waals surface area contributed by atoms with Crippen molar-refractivity contribution in [1.29, 1.82) is 0 Å². The highest BCUT2D eigenvalue weighted by Gasteiger charge is 2.69. The van der Waals surface area contributed by atoms with Crippen LogP contribution >= 0.6 is 31.9 Å². The number of methoxy groups -OCH3 is 3. The number of ether oxygens (including phenoxy) is 3. The van der Waals surface area contributed by atoms with Crippen molar-refractivity contribution in [2.75, 3.05) is 26.8 Å². The third-order valence-corrected chi connectivity index (χ3v) is 14.8. The van der Waals surface area contributed by atoms with Gasteiger partial charge in [0.2, 0.25) is 0 Å². The third kappa shape index (κ3) is 6.27. The molecule has 4 aromatic carbocycles. The molecule has 1 saturated carbocycles. The average Bonchev–Trinajstić information content (AvgIpc) is 3.66. The van der Waals surface area contributed by atoms with Gasteiger partial charge in [-0.05, 0) is 80.1 Å². The average molecular weight is 984 g/mol. The van der Waals surface area contributed by atoms with Crippen LogP contribution < -0.4 is 36.6 Å². The number of carbonyl (C=O) groups is 2. The molecule has 4 heterocycles. The SMILES string of the molecule is COc1cc2nc(CCn3c(=O)n4n(c3=O)[C@@H]3C[C@H]5C(=O)N(Nc6ccc(C)cc6)C(=O)[C@@]5(c5ccccc5)[C@@H](c5cc(OC)c(O)c(Br)c5Br)C3=CC4)c(=O)n(C)c2cc1OC. The van der Waals surface area contributed by atoms with Crippen molar-refractivity contribution < 1.29 is 28.9 Å². The maximum absolute atomic E-state index is 15.5. The molecule has 1 saturated heterocycles. The standard InChI is InChI=1S/C45H41Br2N7O9/c1-23-11-13-25(14-12-23)49-53-40(56)28-20-31-26(36(27-19-35(63-5)39(55)38(47)37(27)46)45(28,42(53)58)24-9-7-6-8-10-24)15-18-52-43(59)51(44(60)54(31)52)17-16-29-41(57)50(2)32-22-34(62-4)33(61-3)21-30(32)48-29/h6-15,19,21-22,28,31,36,49,55H,16-18,20H2,1-5H3/t28-,31+,36+,45+/m0/s1. The van der Waals surface area contributed by atoms with Crippen molar-refractivity contribution in [3.63, 3.8) is 0 Å². The molecule has 63 heavy (non-hydrogen) atoms. The third-order valence-electron chi connectivity index (χ3n) is 12.7. The summed E-state index contributed by atoms with van der Waals surface area (Å²) in [5.41, 5.74) is 4.11. The molecule has 2 N–H and O–H groups in total. The van der Waals surface area contributed by atoms with Crippen molar-refractivity contribution in [3.05, 3.63) is 147 Å². The minimum Gasteiger partial charge on any atom is -0.503 e. The number of rotatable bonds is 10. The number of nitrogens with zero attached hydrogens (tertiary/aromatic N) is 6. The number of carbonyl (C=O) groups excluding carboxylic acids is 2. The van der Waals surface area contributed by atoms with E-state index in [-0.39, 0.29) is 47.6 Å². The van der Waals surface area contributed by atoms with Gasteiger partial charge in [-0.2, -0.15) is 5.01 Å². The van der Waals surface area contributed by atoms with Gasteiger partial charge in [-0.3, -0.25) is 19.8 Å². The van der Waals surface area contributed by atoms with E-state index in [1.165, 1.54) is 35.3 Å². The summed E-state index contributed by atoms with van der Waals surface area (Å²) in [7, 11) is 6.01. The number of hydrazine groups is 1. The fourth-order valence-electron chi connectivity index (χ4n) is 9.66. The predicted octanol–water partition coefficient (Wildman–Crippen LogP) is 5.48. The van der Waals surface area contributed by atoms with Crippen LogP contribution in [0.1, 0.15) is 40.8 Å². The first-order valence-corrected chi connectivity index (χ1v) is 21.6. The second-order valence-corrected chi connectivity index (χ2v) is 17.4. The maximum atomic E-state index is 15.5. The number of hydrogen-bond donors (Lipinski definition) is 2. The van der Waals surface area contributed by atoms with Gasteiger partial charge >= 0.3 is 11.4 Å². The molecule has 0 unspecified atom stereocenters. The first-order chi connectivity index (χ1) is 30.3. The van der Waals surface area contributed by atoms with Crippen molar-refractivity contribution in [2.24, 2.45) is 13.0 Å². The number of phenols is 1. The summed E-state index contributed by atoms with van der Waals surface area (Å²) in [6.07, 6.45) is 1.77.